The molecule has 47 heavy (non-hydrogen) atoms. The summed E-state index contributed by atoms with van der Waals surface area (Å²) in [5.41, 5.74) is 0.578. The number of ether oxygens (including phenoxy) is 1. The molecule has 1 aromatic heterocycles. The number of aromatic nitrogens is 2. The first-order chi connectivity index (χ1) is 22.3. The number of imidazole rings is 1. The van der Waals surface area contributed by atoms with Crippen LogP contribution in [0, 0.1) is 11.8 Å². The number of halogens is 1. The summed E-state index contributed by atoms with van der Waals surface area (Å²) < 4.78 is 24.4. The fourth-order valence-corrected chi connectivity index (χ4v) is 8.03. The van der Waals surface area contributed by atoms with E-state index in [9.17, 15) is 19.2 Å². The zero-order valence-corrected chi connectivity index (χ0v) is 28.4. The lowest BCUT2D eigenvalue weighted by molar-refractivity contribution is -0.135. The van der Waals surface area contributed by atoms with Crippen LogP contribution in [0.15, 0.2) is 23.0 Å². The lowest BCUT2D eigenvalue weighted by Crippen LogP contribution is -2.47. The highest BCUT2D eigenvalue weighted by Crippen LogP contribution is 2.37. The maximum Gasteiger partial charge on any atom is 0.410 e. The zero-order valence-electron chi connectivity index (χ0n) is 28.4. The molecule has 4 fully saturated rings. The lowest BCUT2D eigenvalue weighted by Gasteiger charge is -2.41. The average molecular weight is 655 g/mol. The Labute approximate surface area is 276 Å². The second-order valence-electron chi connectivity index (χ2n) is 15.3. The molecule has 4 saturated heterocycles. The molecule has 1 unspecified atom stereocenters. The maximum absolute atomic E-state index is 15.8. The van der Waals surface area contributed by atoms with Crippen LogP contribution in [-0.4, -0.2) is 93.9 Å². The summed E-state index contributed by atoms with van der Waals surface area (Å²) in [4.78, 5) is 56.3. The summed E-state index contributed by atoms with van der Waals surface area (Å²) in [5, 5.41) is 2.37. The number of amides is 3. The lowest BCUT2D eigenvalue weighted by atomic mass is 9.80. The van der Waals surface area contributed by atoms with Crippen LogP contribution in [0.3, 0.4) is 0 Å². The van der Waals surface area contributed by atoms with Gasteiger partial charge in [-0.1, -0.05) is 0 Å². The number of imide groups is 1. The third kappa shape index (κ3) is 7.52. The Morgan fingerprint density at radius 3 is 2.23 bits per heavy atom. The number of fused-ring (bicyclic) bond motifs is 1. The first-order valence-corrected chi connectivity index (χ1v) is 17.5. The predicted molar refractivity (Wildman–Crippen MR) is 178 cm³/mol. The Kier molecular flexibility index (Phi) is 9.43. The summed E-state index contributed by atoms with van der Waals surface area (Å²) >= 11 is 0. The molecule has 5 heterocycles. The highest BCUT2D eigenvalue weighted by molar-refractivity contribution is 6.00. The van der Waals surface area contributed by atoms with E-state index in [4.69, 9.17) is 4.74 Å². The molecule has 2 aromatic rings. The van der Waals surface area contributed by atoms with Gasteiger partial charge in [0, 0.05) is 51.9 Å². The molecule has 0 saturated carbocycles. The Morgan fingerprint density at radius 1 is 0.936 bits per heavy atom. The monoisotopic (exact) mass is 654 g/mol. The van der Waals surface area contributed by atoms with Crippen molar-refractivity contribution in [1.82, 2.24) is 24.3 Å². The summed E-state index contributed by atoms with van der Waals surface area (Å²) in [6.07, 6.45) is 5.81. The number of carbonyl (C=O) groups is 3. The van der Waals surface area contributed by atoms with Gasteiger partial charge in [-0.2, -0.15) is 0 Å². The van der Waals surface area contributed by atoms with Gasteiger partial charge in [-0.3, -0.25) is 24.0 Å². The molecule has 1 atom stereocenters. The normalized spacial score (nSPS) is 23.7. The van der Waals surface area contributed by atoms with Crippen molar-refractivity contribution < 1.29 is 23.5 Å². The van der Waals surface area contributed by atoms with Crippen molar-refractivity contribution in [3.05, 3.63) is 28.7 Å². The average Bonchev–Trinajstić information content (AvgIpc) is 3.26. The molecule has 12 heteroatoms. The van der Waals surface area contributed by atoms with E-state index in [-0.39, 0.29) is 24.1 Å². The SMILES string of the molecule is Cn1c(=O)n(C2CCC(=O)NC2=O)c2ccc(N3CCC(CN4CCC(CC5(F)CCN(C(=O)OC(C)(C)C)CC5)CC4)CC3)cc21. The first kappa shape index (κ1) is 33.5. The number of nitrogens with one attached hydrogen (secondary N) is 1. The van der Waals surface area contributed by atoms with Crippen LogP contribution >= 0.6 is 0 Å². The number of benzene rings is 1. The van der Waals surface area contributed by atoms with Gasteiger partial charge in [0.05, 0.1) is 11.0 Å². The van der Waals surface area contributed by atoms with Gasteiger partial charge in [0.1, 0.15) is 17.3 Å². The molecule has 6 rings (SSSR count). The molecule has 11 nitrogen and oxygen atoms in total. The largest absolute Gasteiger partial charge is 0.444 e. The van der Waals surface area contributed by atoms with Gasteiger partial charge in [0.15, 0.2) is 0 Å². The molecule has 258 valence electrons. The number of aryl methyl sites for hydroxylation is 1. The molecule has 4 aliphatic heterocycles. The number of hydrogen-bond donors (Lipinski definition) is 1. The summed E-state index contributed by atoms with van der Waals surface area (Å²) in [6, 6.07) is 5.33. The second kappa shape index (κ2) is 13.2. The molecular formula is C35H51FN6O5. The zero-order chi connectivity index (χ0) is 33.5. The van der Waals surface area contributed by atoms with Crippen LogP contribution in [0.5, 0.6) is 0 Å². The van der Waals surface area contributed by atoms with Crippen molar-refractivity contribution in [3.63, 3.8) is 0 Å². The van der Waals surface area contributed by atoms with E-state index in [1.54, 1.807) is 16.5 Å². The molecular weight excluding hydrogens is 603 g/mol. The molecule has 0 radical (unpaired) electrons. The smallest absolute Gasteiger partial charge is 0.410 e. The van der Waals surface area contributed by atoms with Crippen LogP contribution in [0.2, 0.25) is 0 Å². The van der Waals surface area contributed by atoms with E-state index < -0.39 is 23.2 Å². The highest BCUT2D eigenvalue weighted by Gasteiger charge is 2.40. The number of anilines is 1. The van der Waals surface area contributed by atoms with Crippen molar-refractivity contribution in [2.45, 2.75) is 95.9 Å². The molecule has 0 spiro atoms. The van der Waals surface area contributed by atoms with Crippen LogP contribution in [0.25, 0.3) is 11.0 Å². The quantitative estimate of drug-likeness (QED) is 0.461. The minimum Gasteiger partial charge on any atom is -0.444 e. The van der Waals surface area contributed by atoms with Crippen LogP contribution in [0.4, 0.5) is 14.9 Å². The highest BCUT2D eigenvalue weighted by atomic mass is 19.1. The van der Waals surface area contributed by atoms with Gasteiger partial charge in [0.2, 0.25) is 11.8 Å². The van der Waals surface area contributed by atoms with Crippen LogP contribution in [0.1, 0.15) is 84.6 Å². The van der Waals surface area contributed by atoms with Gasteiger partial charge < -0.3 is 19.4 Å². The van der Waals surface area contributed by atoms with E-state index in [0.29, 0.717) is 56.1 Å². The summed E-state index contributed by atoms with van der Waals surface area (Å²) in [5.74, 6) is 0.293. The summed E-state index contributed by atoms with van der Waals surface area (Å²) in [7, 11) is 1.73. The fourth-order valence-electron chi connectivity index (χ4n) is 8.03. The van der Waals surface area contributed by atoms with E-state index in [2.05, 4.69) is 15.1 Å². The van der Waals surface area contributed by atoms with Gasteiger partial charge in [-0.15, -0.1) is 0 Å². The Balaban J connectivity index is 0.959. The van der Waals surface area contributed by atoms with Crippen molar-refractivity contribution in [3.8, 4) is 0 Å². The second-order valence-corrected chi connectivity index (χ2v) is 15.3. The first-order valence-electron chi connectivity index (χ1n) is 17.5. The maximum atomic E-state index is 15.8. The Morgan fingerprint density at radius 2 is 1.60 bits per heavy atom. The number of nitrogens with zero attached hydrogens (tertiary/aromatic N) is 5. The number of likely N-dealkylation sites (tertiary alicyclic amines) is 2. The van der Waals surface area contributed by atoms with E-state index in [0.717, 1.165) is 69.6 Å². The van der Waals surface area contributed by atoms with E-state index in [1.807, 2.05) is 39.0 Å². The van der Waals surface area contributed by atoms with Gasteiger partial charge in [0.25, 0.3) is 0 Å². The molecule has 1 aromatic carbocycles. The Hall–Kier alpha value is -3.41. The van der Waals surface area contributed by atoms with Gasteiger partial charge >= 0.3 is 11.8 Å². The number of carbonyl (C=O) groups excluding carboxylic acids is 3. The molecule has 4 aliphatic rings. The molecule has 0 bridgehead atoms. The van der Waals surface area contributed by atoms with Crippen molar-refractivity contribution in [2.75, 3.05) is 50.7 Å². The van der Waals surface area contributed by atoms with Crippen LogP contribution in [-0.2, 0) is 21.4 Å². The number of alkyl halides is 1. The summed E-state index contributed by atoms with van der Waals surface area (Å²) in [6.45, 7) is 11.4. The van der Waals surface area contributed by atoms with E-state index >= 15 is 4.39 Å². The number of rotatable bonds is 6. The van der Waals surface area contributed by atoms with Crippen LogP contribution < -0.4 is 15.9 Å². The number of piperidine rings is 4. The molecule has 1 N–H and O–H groups in total. The van der Waals surface area contributed by atoms with E-state index in [1.165, 1.54) is 4.57 Å². The minimum atomic E-state index is -1.19. The van der Waals surface area contributed by atoms with Crippen molar-refractivity contribution >= 4 is 34.6 Å². The van der Waals surface area contributed by atoms with Gasteiger partial charge in [-0.25, -0.2) is 14.0 Å². The standard InChI is InChI=1S/C35H51FN6O5/c1-34(2,3)47-33(46)41-19-13-35(36,14-20-41)22-24-9-15-39(16-10-24)23-25-11-17-40(18-12-25)26-5-6-27-29(21-26)38(4)32(45)42(27)28-7-8-30(43)37-31(28)44/h5-6,21,24-25,28H,7-20,22-23H2,1-4H3,(H,37,43,44). The number of hydrogen-bond acceptors (Lipinski definition) is 7. The topological polar surface area (TPSA) is 109 Å². The minimum absolute atomic E-state index is 0.222. The predicted octanol–water partition coefficient (Wildman–Crippen LogP) is 4.38. The van der Waals surface area contributed by atoms with Gasteiger partial charge in [-0.05, 0) is 115 Å². The Bertz CT molecular complexity index is 1540. The fraction of sp³-hybridized carbons (Fsp3) is 0.714. The molecule has 3 amide bonds. The molecule has 0 aliphatic carbocycles. The van der Waals surface area contributed by atoms with Crippen molar-refractivity contribution in [2.24, 2.45) is 18.9 Å². The van der Waals surface area contributed by atoms with Crippen molar-refractivity contribution in [1.29, 1.82) is 0 Å². The third-order valence-electron chi connectivity index (χ3n) is 10.8. The third-order valence-corrected chi connectivity index (χ3v) is 10.8.